The molecule has 1 atom stereocenters. The number of methoxy groups -OCH3 is 1. The molecule has 0 fully saturated rings. The second-order valence-electron chi connectivity index (χ2n) is 4.10. The number of nitrogens with one attached hydrogen (secondary N) is 1. The Morgan fingerprint density at radius 3 is 2.95 bits per heavy atom. The lowest BCUT2D eigenvalue weighted by molar-refractivity contribution is -0.141. The van der Waals surface area contributed by atoms with Crippen LogP contribution in [0.1, 0.15) is 18.7 Å². The zero-order chi connectivity index (χ0) is 14.0. The number of carbonyl (C=O) groups is 1. The van der Waals surface area contributed by atoms with E-state index in [0.29, 0.717) is 5.82 Å². The molecule has 2 heterocycles. The number of nitrogens with two attached hydrogens (primary N) is 1. The number of aromatic nitrogens is 2. The number of fused-ring (bicyclic) bond motifs is 1. The van der Waals surface area contributed by atoms with E-state index in [2.05, 4.69) is 26.9 Å². The molecule has 1 unspecified atom stereocenters. The molecule has 0 saturated heterocycles. The summed E-state index contributed by atoms with van der Waals surface area (Å²) in [6, 6.07) is 1.53. The van der Waals surface area contributed by atoms with Gasteiger partial charge in [-0.25, -0.2) is 9.78 Å². The van der Waals surface area contributed by atoms with Gasteiger partial charge in [0.1, 0.15) is 16.7 Å². The molecule has 0 spiro atoms. The van der Waals surface area contributed by atoms with Crippen molar-refractivity contribution in [3.8, 4) is 0 Å². The standard InChI is InChI=1S/C12H16N4O2S/c1-4-7-5-8-9(14-6(2)11(17)18-3)15-12(13)16-10(8)19-7/h5-6H,4H2,1-3H3,(H3,13,14,15,16). The van der Waals surface area contributed by atoms with Gasteiger partial charge in [0.05, 0.1) is 12.5 Å². The predicted molar refractivity (Wildman–Crippen MR) is 76.3 cm³/mol. The molecular formula is C12H16N4O2S. The van der Waals surface area contributed by atoms with Gasteiger partial charge < -0.3 is 15.8 Å². The first-order chi connectivity index (χ1) is 9.05. The highest BCUT2D eigenvalue weighted by Gasteiger charge is 2.17. The summed E-state index contributed by atoms with van der Waals surface area (Å²) in [5, 5.41) is 3.90. The van der Waals surface area contributed by atoms with E-state index < -0.39 is 6.04 Å². The molecule has 2 aromatic rings. The molecule has 0 aliphatic carbocycles. The van der Waals surface area contributed by atoms with Crippen LogP contribution >= 0.6 is 11.3 Å². The summed E-state index contributed by atoms with van der Waals surface area (Å²) in [6.45, 7) is 3.79. The maximum atomic E-state index is 11.4. The summed E-state index contributed by atoms with van der Waals surface area (Å²) in [5.74, 6) is 0.407. The lowest BCUT2D eigenvalue weighted by Crippen LogP contribution is -2.27. The fraction of sp³-hybridized carbons (Fsp3) is 0.417. The molecule has 19 heavy (non-hydrogen) atoms. The van der Waals surface area contributed by atoms with Gasteiger partial charge in [0.2, 0.25) is 5.95 Å². The van der Waals surface area contributed by atoms with Crippen molar-refractivity contribution in [1.82, 2.24) is 9.97 Å². The van der Waals surface area contributed by atoms with Gasteiger partial charge in [-0.3, -0.25) is 0 Å². The Hall–Kier alpha value is -1.89. The highest BCUT2D eigenvalue weighted by Crippen LogP contribution is 2.30. The molecule has 0 saturated carbocycles. The normalized spacial score (nSPS) is 12.4. The second-order valence-corrected chi connectivity index (χ2v) is 5.22. The van der Waals surface area contributed by atoms with Crippen LogP contribution in [-0.4, -0.2) is 29.1 Å². The van der Waals surface area contributed by atoms with Gasteiger partial charge in [-0.1, -0.05) is 6.92 Å². The van der Waals surface area contributed by atoms with E-state index in [1.807, 2.05) is 6.07 Å². The molecular weight excluding hydrogens is 264 g/mol. The van der Waals surface area contributed by atoms with Gasteiger partial charge >= 0.3 is 5.97 Å². The monoisotopic (exact) mass is 280 g/mol. The first-order valence-corrected chi connectivity index (χ1v) is 6.77. The van der Waals surface area contributed by atoms with Gasteiger partial charge in [-0.2, -0.15) is 4.98 Å². The SMILES string of the molecule is CCc1cc2c(NC(C)C(=O)OC)nc(N)nc2s1. The van der Waals surface area contributed by atoms with Crippen molar-refractivity contribution in [2.24, 2.45) is 0 Å². The quantitative estimate of drug-likeness (QED) is 0.830. The third kappa shape index (κ3) is 2.76. The largest absolute Gasteiger partial charge is 0.467 e. The van der Waals surface area contributed by atoms with Crippen LogP contribution in [0.25, 0.3) is 10.2 Å². The van der Waals surface area contributed by atoms with E-state index >= 15 is 0 Å². The number of ether oxygens (including phenoxy) is 1. The number of rotatable bonds is 4. The molecule has 7 heteroatoms. The molecule has 0 amide bonds. The Balaban J connectivity index is 2.41. The van der Waals surface area contributed by atoms with E-state index in [1.165, 1.54) is 12.0 Å². The molecule has 0 bridgehead atoms. The molecule has 3 N–H and O–H groups in total. The molecule has 0 aliphatic heterocycles. The first kappa shape index (κ1) is 13.5. The van der Waals surface area contributed by atoms with E-state index in [9.17, 15) is 4.79 Å². The van der Waals surface area contributed by atoms with Crippen molar-refractivity contribution in [1.29, 1.82) is 0 Å². The minimum absolute atomic E-state index is 0.191. The number of hydrogen-bond donors (Lipinski definition) is 2. The van der Waals surface area contributed by atoms with E-state index in [-0.39, 0.29) is 11.9 Å². The number of nitrogens with zero attached hydrogens (tertiary/aromatic N) is 2. The summed E-state index contributed by atoms with van der Waals surface area (Å²) in [7, 11) is 1.35. The minimum atomic E-state index is -0.493. The van der Waals surface area contributed by atoms with E-state index in [4.69, 9.17) is 5.73 Å². The number of hydrogen-bond acceptors (Lipinski definition) is 7. The topological polar surface area (TPSA) is 90.1 Å². The van der Waals surface area contributed by atoms with Gasteiger partial charge in [0.25, 0.3) is 0 Å². The number of nitrogen functional groups attached to an aromatic ring is 1. The van der Waals surface area contributed by atoms with Gasteiger partial charge in [-0.15, -0.1) is 11.3 Å². The van der Waals surface area contributed by atoms with Crippen molar-refractivity contribution in [2.45, 2.75) is 26.3 Å². The number of esters is 1. The fourth-order valence-corrected chi connectivity index (χ4v) is 2.69. The average Bonchev–Trinajstić information content (AvgIpc) is 2.80. The Kier molecular flexibility index (Phi) is 3.84. The van der Waals surface area contributed by atoms with Crippen molar-refractivity contribution in [3.05, 3.63) is 10.9 Å². The highest BCUT2D eigenvalue weighted by molar-refractivity contribution is 7.18. The van der Waals surface area contributed by atoms with Crippen LogP contribution in [0.5, 0.6) is 0 Å². The van der Waals surface area contributed by atoms with Crippen LogP contribution in [0, 0.1) is 0 Å². The van der Waals surface area contributed by atoms with Gasteiger partial charge in [0, 0.05) is 4.88 Å². The van der Waals surface area contributed by atoms with Crippen LogP contribution in [0.4, 0.5) is 11.8 Å². The molecule has 0 aliphatic rings. The van der Waals surface area contributed by atoms with Gasteiger partial charge in [-0.05, 0) is 19.4 Å². The molecule has 2 rings (SSSR count). The Bertz CT molecular complexity index is 611. The molecule has 6 nitrogen and oxygen atoms in total. The Labute approximate surface area is 115 Å². The van der Waals surface area contributed by atoms with Crippen molar-refractivity contribution < 1.29 is 9.53 Å². The van der Waals surface area contributed by atoms with Gasteiger partial charge in [0.15, 0.2) is 0 Å². The summed E-state index contributed by atoms with van der Waals surface area (Å²) in [4.78, 5) is 21.8. The van der Waals surface area contributed by atoms with Crippen LogP contribution in [0.15, 0.2) is 6.07 Å². The van der Waals surface area contributed by atoms with Crippen molar-refractivity contribution in [3.63, 3.8) is 0 Å². The first-order valence-electron chi connectivity index (χ1n) is 5.95. The van der Waals surface area contributed by atoms with Crippen LogP contribution < -0.4 is 11.1 Å². The third-order valence-corrected chi connectivity index (χ3v) is 3.89. The van der Waals surface area contributed by atoms with Crippen LogP contribution in [0.2, 0.25) is 0 Å². The van der Waals surface area contributed by atoms with E-state index in [1.54, 1.807) is 18.3 Å². The zero-order valence-corrected chi connectivity index (χ0v) is 11.9. The molecule has 0 aromatic carbocycles. The van der Waals surface area contributed by atoms with Crippen LogP contribution in [-0.2, 0) is 16.0 Å². The summed E-state index contributed by atoms with van der Waals surface area (Å²) in [6.07, 6.45) is 0.924. The Morgan fingerprint density at radius 1 is 1.58 bits per heavy atom. The highest BCUT2D eigenvalue weighted by atomic mass is 32.1. The lowest BCUT2D eigenvalue weighted by Gasteiger charge is -2.12. The molecule has 0 radical (unpaired) electrons. The molecule has 2 aromatic heterocycles. The Morgan fingerprint density at radius 2 is 2.32 bits per heavy atom. The number of aryl methyl sites for hydroxylation is 1. The third-order valence-electron chi connectivity index (χ3n) is 2.72. The number of thiophene rings is 1. The maximum Gasteiger partial charge on any atom is 0.328 e. The lowest BCUT2D eigenvalue weighted by atomic mass is 10.3. The van der Waals surface area contributed by atoms with E-state index in [0.717, 1.165) is 16.6 Å². The molecule has 102 valence electrons. The second kappa shape index (κ2) is 5.40. The predicted octanol–water partition coefficient (Wildman–Crippen LogP) is 1.81. The van der Waals surface area contributed by atoms with Crippen molar-refractivity contribution in [2.75, 3.05) is 18.2 Å². The van der Waals surface area contributed by atoms with Crippen molar-refractivity contribution >= 4 is 39.3 Å². The summed E-state index contributed by atoms with van der Waals surface area (Å²) >= 11 is 1.58. The maximum absolute atomic E-state index is 11.4. The average molecular weight is 280 g/mol. The summed E-state index contributed by atoms with van der Waals surface area (Å²) < 4.78 is 4.68. The van der Waals surface area contributed by atoms with Crippen LogP contribution in [0.3, 0.4) is 0 Å². The number of anilines is 2. The number of carbonyl (C=O) groups excluding carboxylic acids is 1. The smallest absolute Gasteiger partial charge is 0.328 e. The summed E-state index contributed by atoms with van der Waals surface area (Å²) in [5.41, 5.74) is 5.69. The fourth-order valence-electron chi connectivity index (χ4n) is 1.71. The zero-order valence-electron chi connectivity index (χ0n) is 11.1. The minimum Gasteiger partial charge on any atom is -0.467 e.